The van der Waals surface area contributed by atoms with Crippen LogP contribution in [0.3, 0.4) is 0 Å². The molecule has 0 radical (unpaired) electrons. The van der Waals surface area contributed by atoms with Crippen molar-refractivity contribution in [2.45, 2.75) is 51.5 Å². The Kier molecular flexibility index (Phi) is 6.96. The molecule has 0 aliphatic heterocycles. The summed E-state index contributed by atoms with van der Waals surface area (Å²) < 4.78 is 6.29. The first-order valence-electron chi connectivity index (χ1n) is 11.6. The molecule has 0 spiro atoms. The lowest BCUT2D eigenvalue weighted by atomic mass is 9.82. The lowest BCUT2D eigenvalue weighted by Gasteiger charge is -2.31. The largest absolute Gasteiger partial charge is 0.481 e. The van der Waals surface area contributed by atoms with Gasteiger partial charge in [-0.25, -0.2) is 0 Å². The number of carbonyl (C=O) groups excluding carboxylic acids is 1. The summed E-state index contributed by atoms with van der Waals surface area (Å²) in [6.07, 6.45) is 7.72. The first kappa shape index (κ1) is 22.8. The second kappa shape index (κ2) is 10.1. The van der Waals surface area contributed by atoms with Crippen LogP contribution in [0.25, 0.3) is 11.1 Å². The van der Waals surface area contributed by atoms with Gasteiger partial charge in [-0.3, -0.25) is 14.6 Å². The Morgan fingerprint density at radius 1 is 1.18 bits per heavy atom. The number of nitrogens with zero attached hydrogens (tertiary/aromatic N) is 2. The Bertz CT molecular complexity index is 1120. The molecule has 1 saturated carbocycles. The molecule has 7 nitrogen and oxygen atoms in total. The van der Waals surface area contributed by atoms with Crippen LogP contribution >= 0.6 is 0 Å². The van der Waals surface area contributed by atoms with E-state index in [2.05, 4.69) is 17.2 Å². The molecular weight excluding hydrogens is 418 g/mol. The first-order valence-corrected chi connectivity index (χ1v) is 11.6. The molecule has 2 heterocycles. The lowest BCUT2D eigenvalue weighted by molar-refractivity contribution is -0.137. The summed E-state index contributed by atoms with van der Waals surface area (Å²) in [5.74, 6) is 0.287. The van der Waals surface area contributed by atoms with Gasteiger partial charge in [0.2, 0.25) is 0 Å². The number of nitrogens with one attached hydrogen (secondary N) is 1. The van der Waals surface area contributed by atoms with Crippen molar-refractivity contribution in [2.24, 2.45) is 5.92 Å². The Labute approximate surface area is 193 Å². The van der Waals surface area contributed by atoms with E-state index in [1.165, 1.54) is 24.2 Å². The third kappa shape index (κ3) is 5.18. The summed E-state index contributed by atoms with van der Waals surface area (Å²) in [5.41, 5.74) is 4.23. The van der Waals surface area contributed by atoms with Gasteiger partial charge in [0, 0.05) is 36.6 Å². The van der Waals surface area contributed by atoms with Crippen LogP contribution in [-0.4, -0.2) is 40.5 Å². The minimum absolute atomic E-state index is 0.0271. The Morgan fingerprint density at radius 2 is 1.91 bits per heavy atom. The zero-order valence-electron chi connectivity index (χ0n) is 19.2. The quantitative estimate of drug-likeness (QED) is 0.477. The Balaban J connectivity index is 1.55. The number of furan rings is 1. The average molecular weight is 450 g/mol. The van der Waals surface area contributed by atoms with Gasteiger partial charge in [-0.05, 0) is 62.1 Å². The van der Waals surface area contributed by atoms with Gasteiger partial charge >= 0.3 is 5.97 Å². The van der Waals surface area contributed by atoms with Crippen molar-refractivity contribution < 1.29 is 19.1 Å². The number of amides is 1. The van der Waals surface area contributed by atoms with E-state index in [0.717, 1.165) is 41.0 Å². The number of carboxylic acids is 1. The van der Waals surface area contributed by atoms with Crippen LogP contribution < -0.4 is 5.32 Å². The van der Waals surface area contributed by atoms with Gasteiger partial charge in [-0.1, -0.05) is 19.3 Å². The molecule has 1 amide bonds. The number of hydrogen-bond donors (Lipinski definition) is 2. The van der Waals surface area contributed by atoms with E-state index in [1.807, 2.05) is 24.3 Å². The molecule has 1 aliphatic carbocycles. The number of fused-ring (bicyclic) bond motifs is 1. The van der Waals surface area contributed by atoms with E-state index in [4.69, 9.17) is 9.52 Å². The highest BCUT2D eigenvalue weighted by Gasteiger charge is 2.30. The fourth-order valence-corrected chi connectivity index (χ4v) is 4.70. The van der Waals surface area contributed by atoms with Crippen LogP contribution in [0.15, 0.2) is 47.0 Å². The standard InChI is InChI=1S/C26H31N3O4/c1-17-23-21(9-6-15-27-23)33-25(17)24(18-7-4-3-5-8-18)28-20-12-10-19(11-13-20)26(32)29(2)16-14-22(30)31/h6,9-13,15,18,24,28H,3-5,7-8,14,16H2,1-2H3,(H,30,31). The molecule has 1 unspecified atom stereocenters. The van der Waals surface area contributed by atoms with Gasteiger partial charge in [0.15, 0.2) is 5.58 Å². The van der Waals surface area contributed by atoms with Crippen LogP contribution in [0.1, 0.15) is 66.2 Å². The number of pyridine rings is 1. The second-order valence-electron chi connectivity index (χ2n) is 8.91. The van der Waals surface area contributed by atoms with E-state index in [-0.39, 0.29) is 24.9 Å². The van der Waals surface area contributed by atoms with Gasteiger partial charge in [-0.2, -0.15) is 0 Å². The highest BCUT2D eigenvalue weighted by Crippen LogP contribution is 2.40. The number of aliphatic carboxylic acids is 1. The van der Waals surface area contributed by atoms with Crippen molar-refractivity contribution in [1.82, 2.24) is 9.88 Å². The van der Waals surface area contributed by atoms with Crippen molar-refractivity contribution >= 4 is 28.7 Å². The molecule has 1 aliphatic rings. The number of carboxylic acid groups (broad SMARTS) is 1. The molecular formula is C26H31N3O4. The molecule has 1 aromatic carbocycles. The molecule has 4 rings (SSSR count). The van der Waals surface area contributed by atoms with E-state index >= 15 is 0 Å². The summed E-state index contributed by atoms with van der Waals surface area (Å²) in [5, 5.41) is 12.5. The third-order valence-electron chi connectivity index (χ3n) is 6.58. The molecule has 174 valence electrons. The molecule has 2 N–H and O–H groups in total. The van der Waals surface area contributed by atoms with Crippen molar-refractivity contribution in [3.63, 3.8) is 0 Å². The van der Waals surface area contributed by atoms with Gasteiger partial charge in [0.25, 0.3) is 5.91 Å². The van der Waals surface area contributed by atoms with Gasteiger partial charge in [0.05, 0.1) is 12.5 Å². The number of hydrogen-bond acceptors (Lipinski definition) is 5. The average Bonchev–Trinajstić information content (AvgIpc) is 3.17. The molecule has 0 bridgehead atoms. The maximum Gasteiger partial charge on any atom is 0.305 e. The maximum absolute atomic E-state index is 12.6. The van der Waals surface area contributed by atoms with E-state index in [0.29, 0.717) is 11.5 Å². The summed E-state index contributed by atoms with van der Waals surface area (Å²) in [6.45, 7) is 2.25. The molecule has 3 aromatic rings. The highest BCUT2D eigenvalue weighted by molar-refractivity contribution is 5.94. The normalized spacial score (nSPS) is 15.3. The Morgan fingerprint density at radius 3 is 2.58 bits per heavy atom. The predicted molar refractivity (Wildman–Crippen MR) is 127 cm³/mol. The molecule has 33 heavy (non-hydrogen) atoms. The zero-order valence-corrected chi connectivity index (χ0v) is 19.2. The Hall–Kier alpha value is -3.35. The van der Waals surface area contributed by atoms with Crippen LogP contribution in [-0.2, 0) is 4.79 Å². The molecule has 1 fully saturated rings. The van der Waals surface area contributed by atoms with E-state index in [1.54, 1.807) is 25.4 Å². The van der Waals surface area contributed by atoms with Crippen molar-refractivity contribution in [2.75, 3.05) is 18.9 Å². The van der Waals surface area contributed by atoms with Crippen LogP contribution in [0.2, 0.25) is 0 Å². The first-order chi connectivity index (χ1) is 15.9. The van der Waals surface area contributed by atoms with E-state index < -0.39 is 5.97 Å². The molecule has 2 aromatic heterocycles. The predicted octanol–water partition coefficient (Wildman–Crippen LogP) is 5.42. The minimum Gasteiger partial charge on any atom is -0.481 e. The number of benzene rings is 1. The zero-order chi connectivity index (χ0) is 23.4. The summed E-state index contributed by atoms with van der Waals surface area (Å²) in [7, 11) is 1.62. The lowest BCUT2D eigenvalue weighted by Crippen LogP contribution is -2.29. The number of carbonyl (C=O) groups is 2. The third-order valence-corrected chi connectivity index (χ3v) is 6.58. The molecule has 7 heteroatoms. The number of aromatic nitrogens is 1. The summed E-state index contributed by atoms with van der Waals surface area (Å²) in [6, 6.07) is 11.3. The number of aryl methyl sites for hydroxylation is 1. The summed E-state index contributed by atoms with van der Waals surface area (Å²) in [4.78, 5) is 29.3. The monoisotopic (exact) mass is 449 g/mol. The maximum atomic E-state index is 12.6. The smallest absolute Gasteiger partial charge is 0.305 e. The van der Waals surface area contributed by atoms with Crippen molar-refractivity contribution in [3.8, 4) is 0 Å². The number of rotatable bonds is 8. The van der Waals surface area contributed by atoms with Crippen molar-refractivity contribution in [1.29, 1.82) is 0 Å². The number of anilines is 1. The van der Waals surface area contributed by atoms with Gasteiger partial charge in [-0.15, -0.1) is 0 Å². The van der Waals surface area contributed by atoms with Crippen molar-refractivity contribution in [3.05, 3.63) is 59.5 Å². The fraction of sp³-hybridized carbons (Fsp3) is 0.423. The topological polar surface area (TPSA) is 95.7 Å². The fourth-order valence-electron chi connectivity index (χ4n) is 4.70. The van der Waals surface area contributed by atoms with Crippen LogP contribution in [0, 0.1) is 12.8 Å². The minimum atomic E-state index is -0.918. The second-order valence-corrected chi connectivity index (χ2v) is 8.91. The highest BCUT2D eigenvalue weighted by atomic mass is 16.4. The van der Waals surface area contributed by atoms with Crippen LogP contribution in [0.4, 0.5) is 5.69 Å². The summed E-state index contributed by atoms with van der Waals surface area (Å²) >= 11 is 0. The van der Waals surface area contributed by atoms with Gasteiger partial charge in [0.1, 0.15) is 11.3 Å². The van der Waals surface area contributed by atoms with Crippen LogP contribution in [0.5, 0.6) is 0 Å². The molecule has 1 atom stereocenters. The van der Waals surface area contributed by atoms with E-state index in [9.17, 15) is 9.59 Å². The van der Waals surface area contributed by atoms with Gasteiger partial charge < -0.3 is 19.7 Å². The SMILES string of the molecule is Cc1c(C(Nc2ccc(C(=O)N(C)CCC(=O)O)cc2)C2CCCCC2)oc2cccnc12. The molecule has 0 saturated heterocycles.